The van der Waals surface area contributed by atoms with Gasteiger partial charge in [-0.15, -0.1) is 0 Å². The topological polar surface area (TPSA) is 84.9 Å². The van der Waals surface area contributed by atoms with Crippen molar-refractivity contribution in [1.29, 1.82) is 0 Å². The van der Waals surface area contributed by atoms with E-state index in [-0.39, 0.29) is 18.2 Å². The molecule has 1 unspecified atom stereocenters. The highest BCUT2D eigenvalue weighted by atomic mass is 16.5. The zero-order valence-electron chi connectivity index (χ0n) is 15.8. The lowest BCUT2D eigenvalue weighted by Crippen LogP contribution is -2.32. The van der Waals surface area contributed by atoms with Gasteiger partial charge in [0.15, 0.2) is 0 Å². The molecule has 0 saturated carbocycles. The number of carbonyl (C=O) groups is 3. The standard InChI is InChI=1S/C21H22N2O5/c1-27-18-9-7-17(8-10-18)23-13-16(11-19(23)24)20(25)22-12-14-3-5-15(6-4-14)21(26)28-2/h3-10,16H,11-13H2,1-2H3,(H,22,25). The van der Waals surface area contributed by atoms with E-state index in [1.807, 2.05) is 0 Å². The van der Waals surface area contributed by atoms with Crippen LogP contribution in [0, 0.1) is 5.92 Å². The van der Waals surface area contributed by atoms with E-state index in [0.717, 1.165) is 11.3 Å². The molecule has 2 amide bonds. The monoisotopic (exact) mass is 382 g/mol. The van der Waals surface area contributed by atoms with Crippen LogP contribution in [-0.4, -0.2) is 38.5 Å². The van der Waals surface area contributed by atoms with Crippen molar-refractivity contribution in [3.8, 4) is 5.75 Å². The molecule has 1 aliphatic rings. The smallest absolute Gasteiger partial charge is 0.337 e. The quantitative estimate of drug-likeness (QED) is 0.774. The minimum Gasteiger partial charge on any atom is -0.497 e. The van der Waals surface area contributed by atoms with Gasteiger partial charge in [-0.3, -0.25) is 9.59 Å². The van der Waals surface area contributed by atoms with Crippen molar-refractivity contribution in [2.45, 2.75) is 13.0 Å². The second-order valence-electron chi connectivity index (χ2n) is 6.51. The molecule has 3 rings (SSSR count). The van der Waals surface area contributed by atoms with E-state index in [1.54, 1.807) is 60.5 Å². The molecule has 1 fully saturated rings. The molecule has 2 aromatic carbocycles. The third-order valence-corrected chi connectivity index (χ3v) is 4.72. The lowest BCUT2D eigenvalue weighted by molar-refractivity contribution is -0.126. The first-order valence-corrected chi connectivity index (χ1v) is 8.91. The van der Waals surface area contributed by atoms with E-state index >= 15 is 0 Å². The Kier molecular flexibility index (Phi) is 5.93. The van der Waals surface area contributed by atoms with E-state index in [1.165, 1.54) is 7.11 Å². The molecule has 28 heavy (non-hydrogen) atoms. The molecule has 1 N–H and O–H groups in total. The molecule has 1 saturated heterocycles. The van der Waals surface area contributed by atoms with Crippen LogP contribution in [0.5, 0.6) is 5.75 Å². The first-order valence-electron chi connectivity index (χ1n) is 8.91. The predicted octanol–water partition coefficient (Wildman–Crippen LogP) is 2.15. The van der Waals surface area contributed by atoms with E-state index in [2.05, 4.69) is 10.1 Å². The molecule has 146 valence electrons. The maximum atomic E-state index is 12.5. The summed E-state index contributed by atoms with van der Waals surface area (Å²) in [5.74, 6) is -0.334. The Morgan fingerprint density at radius 2 is 1.75 bits per heavy atom. The number of hydrogen-bond donors (Lipinski definition) is 1. The van der Waals surface area contributed by atoms with Gasteiger partial charge in [0, 0.05) is 25.2 Å². The molecule has 0 bridgehead atoms. The number of nitrogens with zero attached hydrogens (tertiary/aromatic N) is 1. The number of amides is 2. The first-order chi connectivity index (χ1) is 13.5. The summed E-state index contributed by atoms with van der Waals surface area (Å²) in [5.41, 5.74) is 2.06. The van der Waals surface area contributed by atoms with Gasteiger partial charge in [0.25, 0.3) is 0 Å². The van der Waals surface area contributed by atoms with Crippen molar-refractivity contribution in [2.24, 2.45) is 5.92 Å². The van der Waals surface area contributed by atoms with Crippen LogP contribution >= 0.6 is 0 Å². The Hall–Kier alpha value is -3.35. The van der Waals surface area contributed by atoms with Crippen molar-refractivity contribution in [1.82, 2.24) is 5.32 Å². The molecular formula is C21H22N2O5. The molecule has 1 heterocycles. The molecule has 7 heteroatoms. The maximum absolute atomic E-state index is 12.5. The molecule has 1 aliphatic heterocycles. The molecule has 0 spiro atoms. The summed E-state index contributed by atoms with van der Waals surface area (Å²) in [5, 5.41) is 2.86. The van der Waals surface area contributed by atoms with Crippen LogP contribution in [-0.2, 0) is 20.9 Å². The van der Waals surface area contributed by atoms with Gasteiger partial charge in [0.2, 0.25) is 11.8 Å². The summed E-state index contributed by atoms with van der Waals surface area (Å²) in [6.45, 7) is 0.672. The zero-order valence-corrected chi connectivity index (χ0v) is 15.8. The number of ether oxygens (including phenoxy) is 2. The Balaban J connectivity index is 1.56. The third-order valence-electron chi connectivity index (χ3n) is 4.72. The molecule has 2 aromatic rings. The molecular weight excluding hydrogens is 360 g/mol. The summed E-state index contributed by atoms with van der Waals surface area (Å²) >= 11 is 0. The first kappa shape index (κ1) is 19.4. The highest BCUT2D eigenvalue weighted by Crippen LogP contribution is 2.27. The van der Waals surface area contributed by atoms with Crippen LogP contribution in [0.3, 0.4) is 0 Å². The molecule has 0 aromatic heterocycles. The summed E-state index contributed by atoms with van der Waals surface area (Å²) in [4.78, 5) is 37.9. The van der Waals surface area contributed by atoms with Gasteiger partial charge in [-0.25, -0.2) is 4.79 Å². The molecule has 0 aliphatic carbocycles. The number of rotatable bonds is 6. The summed E-state index contributed by atoms with van der Waals surface area (Å²) in [7, 11) is 2.91. The minimum atomic E-state index is -0.404. The van der Waals surface area contributed by atoms with Crippen LogP contribution in [0.15, 0.2) is 48.5 Å². The Morgan fingerprint density at radius 3 is 2.36 bits per heavy atom. The number of benzene rings is 2. The number of carbonyl (C=O) groups excluding carboxylic acids is 3. The Bertz CT molecular complexity index is 861. The van der Waals surface area contributed by atoms with Crippen molar-refractivity contribution in [3.05, 3.63) is 59.7 Å². The highest BCUT2D eigenvalue weighted by molar-refractivity contribution is 6.00. The van der Waals surface area contributed by atoms with E-state index in [4.69, 9.17) is 4.74 Å². The summed E-state index contributed by atoms with van der Waals surface area (Å²) in [6, 6.07) is 14.0. The fourth-order valence-electron chi connectivity index (χ4n) is 3.10. The lowest BCUT2D eigenvalue weighted by Gasteiger charge is -2.17. The number of hydrogen-bond acceptors (Lipinski definition) is 5. The third kappa shape index (κ3) is 4.31. The number of anilines is 1. The normalized spacial score (nSPS) is 16.0. The highest BCUT2D eigenvalue weighted by Gasteiger charge is 2.35. The summed E-state index contributed by atoms with van der Waals surface area (Å²) < 4.78 is 9.78. The fourth-order valence-corrected chi connectivity index (χ4v) is 3.10. The van der Waals surface area contributed by atoms with Crippen LogP contribution < -0.4 is 15.0 Å². The number of esters is 1. The second kappa shape index (κ2) is 8.56. The van der Waals surface area contributed by atoms with E-state index in [9.17, 15) is 14.4 Å². The number of methoxy groups -OCH3 is 2. The van der Waals surface area contributed by atoms with Crippen LogP contribution in [0.4, 0.5) is 5.69 Å². The van der Waals surface area contributed by atoms with E-state index in [0.29, 0.717) is 24.4 Å². The largest absolute Gasteiger partial charge is 0.497 e. The van der Waals surface area contributed by atoms with Gasteiger partial charge >= 0.3 is 5.97 Å². The van der Waals surface area contributed by atoms with Gasteiger partial charge in [-0.05, 0) is 42.0 Å². The average Bonchev–Trinajstić information content (AvgIpc) is 3.13. The molecule has 7 nitrogen and oxygen atoms in total. The van der Waals surface area contributed by atoms with Gasteiger partial charge in [-0.1, -0.05) is 12.1 Å². The lowest BCUT2D eigenvalue weighted by atomic mass is 10.1. The van der Waals surface area contributed by atoms with Crippen molar-refractivity contribution in [2.75, 3.05) is 25.7 Å². The van der Waals surface area contributed by atoms with E-state index < -0.39 is 11.9 Å². The SMILES string of the molecule is COC(=O)c1ccc(CNC(=O)C2CC(=O)N(c3ccc(OC)cc3)C2)cc1. The minimum absolute atomic E-state index is 0.0762. The average molecular weight is 382 g/mol. The molecule has 1 atom stereocenters. The number of nitrogens with one attached hydrogen (secondary N) is 1. The van der Waals surface area contributed by atoms with Crippen LogP contribution in [0.2, 0.25) is 0 Å². The van der Waals surface area contributed by atoms with Crippen LogP contribution in [0.1, 0.15) is 22.3 Å². The Morgan fingerprint density at radius 1 is 1.07 bits per heavy atom. The van der Waals surface area contributed by atoms with Gasteiger partial charge in [-0.2, -0.15) is 0 Å². The molecule has 0 radical (unpaired) electrons. The van der Waals surface area contributed by atoms with Gasteiger partial charge < -0.3 is 19.7 Å². The van der Waals surface area contributed by atoms with Crippen molar-refractivity contribution >= 4 is 23.5 Å². The van der Waals surface area contributed by atoms with Crippen LogP contribution in [0.25, 0.3) is 0 Å². The predicted molar refractivity (Wildman–Crippen MR) is 103 cm³/mol. The Labute approximate surface area is 163 Å². The van der Waals surface area contributed by atoms with Gasteiger partial charge in [0.05, 0.1) is 25.7 Å². The zero-order chi connectivity index (χ0) is 20.1. The second-order valence-corrected chi connectivity index (χ2v) is 6.51. The maximum Gasteiger partial charge on any atom is 0.337 e. The van der Waals surface area contributed by atoms with Crippen molar-refractivity contribution in [3.63, 3.8) is 0 Å². The summed E-state index contributed by atoms with van der Waals surface area (Å²) in [6.07, 6.45) is 0.180. The van der Waals surface area contributed by atoms with Gasteiger partial charge in [0.1, 0.15) is 5.75 Å². The fraction of sp³-hybridized carbons (Fsp3) is 0.286. The van der Waals surface area contributed by atoms with Crippen molar-refractivity contribution < 1.29 is 23.9 Å².